The van der Waals surface area contributed by atoms with E-state index in [1.807, 2.05) is 70.2 Å². The molecule has 0 bridgehead atoms. The first-order chi connectivity index (χ1) is 13.7. The van der Waals surface area contributed by atoms with Crippen molar-refractivity contribution in [3.63, 3.8) is 0 Å². The Bertz CT molecular complexity index is 1080. The van der Waals surface area contributed by atoms with E-state index in [1.54, 1.807) is 0 Å². The van der Waals surface area contributed by atoms with Gasteiger partial charge in [0.25, 0.3) is 0 Å². The summed E-state index contributed by atoms with van der Waals surface area (Å²) < 4.78 is 0. The molecule has 1 unspecified atom stereocenters. The molecule has 29 heavy (non-hydrogen) atoms. The fourth-order valence-corrected chi connectivity index (χ4v) is 3.85. The lowest BCUT2D eigenvalue weighted by Gasteiger charge is -2.12. The third-order valence-electron chi connectivity index (χ3n) is 5.22. The molecule has 0 aliphatic carbocycles. The zero-order valence-electron chi connectivity index (χ0n) is 17.3. The summed E-state index contributed by atoms with van der Waals surface area (Å²) in [6, 6.07) is 13.4. The molecule has 0 spiro atoms. The average molecular weight is 409 g/mol. The minimum Gasteiger partial charge on any atom is -0.354 e. The van der Waals surface area contributed by atoms with Gasteiger partial charge in [0.1, 0.15) is 0 Å². The Balaban J connectivity index is 1.93. The van der Waals surface area contributed by atoms with Gasteiger partial charge in [0.15, 0.2) is 0 Å². The molecule has 3 rings (SSSR count). The van der Waals surface area contributed by atoms with E-state index >= 15 is 0 Å². The van der Waals surface area contributed by atoms with E-state index in [0.717, 1.165) is 33.6 Å². The molecule has 2 aromatic carbocycles. The number of carbonyl (C=O) groups is 2. The van der Waals surface area contributed by atoms with E-state index in [2.05, 4.69) is 10.3 Å². The van der Waals surface area contributed by atoms with E-state index in [0.29, 0.717) is 16.3 Å². The van der Waals surface area contributed by atoms with Gasteiger partial charge in [-0.25, -0.2) is 0 Å². The number of halogens is 1. The lowest BCUT2D eigenvalue weighted by Crippen LogP contribution is -2.07. The SMILES string of the molecule is CC(=O)Nc1ccc(C(C)c2[nH]c(C(=O)c3ccc(C)cc3C)c(C)c2Cl)cc1. The number of hydrogen-bond donors (Lipinski definition) is 2. The Kier molecular flexibility index (Phi) is 5.94. The molecule has 0 fully saturated rings. The van der Waals surface area contributed by atoms with E-state index in [9.17, 15) is 9.59 Å². The number of rotatable bonds is 5. The Morgan fingerprint density at radius 1 is 1.03 bits per heavy atom. The van der Waals surface area contributed by atoms with Crippen LogP contribution in [-0.2, 0) is 4.79 Å². The Hall–Kier alpha value is -2.85. The summed E-state index contributed by atoms with van der Waals surface area (Å²) in [5.41, 5.74) is 6.62. The minimum atomic E-state index is -0.108. The van der Waals surface area contributed by atoms with Gasteiger partial charge >= 0.3 is 0 Å². The summed E-state index contributed by atoms with van der Waals surface area (Å²) in [6.07, 6.45) is 0. The number of H-pyrrole nitrogens is 1. The molecule has 1 amide bonds. The fourth-order valence-electron chi connectivity index (χ4n) is 3.55. The quantitative estimate of drug-likeness (QED) is 0.513. The highest BCUT2D eigenvalue weighted by molar-refractivity contribution is 6.33. The number of amides is 1. The smallest absolute Gasteiger partial charge is 0.221 e. The number of aromatic amines is 1. The van der Waals surface area contributed by atoms with Crippen molar-refractivity contribution in [2.45, 2.75) is 40.5 Å². The number of carbonyl (C=O) groups excluding carboxylic acids is 2. The van der Waals surface area contributed by atoms with Crippen LogP contribution in [0.3, 0.4) is 0 Å². The van der Waals surface area contributed by atoms with Gasteiger partial charge in [0, 0.05) is 29.8 Å². The van der Waals surface area contributed by atoms with Crippen LogP contribution in [0.5, 0.6) is 0 Å². The number of anilines is 1. The van der Waals surface area contributed by atoms with E-state index in [-0.39, 0.29) is 17.6 Å². The Morgan fingerprint density at radius 3 is 2.28 bits per heavy atom. The largest absolute Gasteiger partial charge is 0.354 e. The van der Waals surface area contributed by atoms with Gasteiger partial charge in [-0.05, 0) is 49.6 Å². The molecule has 1 heterocycles. The van der Waals surface area contributed by atoms with Crippen molar-refractivity contribution in [2.24, 2.45) is 0 Å². The molecule has 0 aliphatic rings. The van der Waals surface area contributed by atoms with E-state index in [1.165, 1.54) is 6.92 Å². The molecular formula is C24H25ClN2O2. The highest BCUT2D eigenvalue weighted by Gasteiger charge is 2.24. The van der Waals surface area contributed by atoms with Crippen LogP contribution in [0.2, 0.25) is 5.02 Å². The molecule has 1 atom stereocenters. The maximum absolute atomic E-state index is 13.1. The lowest BCUT2D eigenvalue weighted by molar-refractivity contribution is -0.114. The summed E-state index contributed by atoms with van der Waals surface area (Å²) in [5, 5.41) is 3.34. The minimum absolute atomic E-state index is 0.0340. The molecule has 0 saturated carbocycles. The van der Waals surface area contributed by atoms with Crippen LogP contribution in [0.15, 0.2) is 42.5 Å². The zero-order chi connectivity index (χ0) is 21.3. The second-order valence-corrected chi connectivity index (χ2v) is 7.90. The van der Waals surface area contributed by atoms with Crippen molar-refractivity contribution >= 4 is 29.0 Å². The van der Waals surface area contributed by atoms with Crippen LogP contribution in [0.1, 0.15) is 63.8 Å². The summed E-state index contributed by atoms with van der Waals surface area (Å²) in [5.74, 6) is -0.196. The molecule has 0 saturated heterocycles. The molecule has 0 radical (unpaired) electrons. The normalized spacial score (nSPS) is 11.9. The topological polar surface area (TPSA) is 62.0 Å². The van der Waals surface area contributed by atoms with Crippen LogP contribution in [0.4, 0.5) is 5.69 Å². The summed E-state index contributed by atoms with van der Waals surface area (Å²) >= 11 is 6.61. The maximum Gasteiger partial charge on any atom is 0.221 e. The van der Waals surface area contributed by atoms with Crippen LogP contribution < -0.4 is 5.32 Å². The fraction of sp³-hybridized carbons (Fsp3) is 0.250. The second kappa shape index (κ2) is 8.26. The average Bonchev–Trinajstić information content (AvgIpc) is 2.96. The first-order valence-corrected chi connectivity index (χ1v) is 9.94. The molecule has 2 N–H and O–H groups in total. The molecule has 3 aromatic rings. The van der Waals surface area contributed by atoms with Crippen molar-refractivity contribution in [3.05, 3.63) is 86.7 Å². The molecule has 150 valence electrons. The summed E-state index contributed by atoms with van der Waals surface area (Å²) in [7, 11) is 0. The van der Waals surface area contributed by atoms with Crippen molar-refractivity contribution < 1.29 is 9.59 Å². The van der Waals surface area contributed by atoms with Crippen LogP contribution in [0.25, 0.3) is 0 Å². The first kappa shape index (κ1) is 20.9. The number of benzene rings is 2. The van der Waals surface area contributed by atoms with Gasteiger partial charge in [-0.1, -0.05) is 54.4 Å². The Labute approximate surface area is 176 Å². The van der Waals surface area contributed by atoms with Crippen LogP contribution in [0, 0.1) is 20.8 Å². The maximum atomic E-state index is 13.1. The van der Waals surface area contributed by atoms with Gasteiger partial charge in [0.2, 0.25) is 11.7 Å². The third-order valence-corrected chi connectivity index (χ3v) is 5.71. The highest BCUT2D eigenvalue weighted by atomic mass is 35.5. The molecule has 5 heteroatoms. The number of hydrogen-bond acceptors (Lipinski definition) is 2. The number of nitrogens with one attached hydrogen (secondary N) is 2. The predicted molar refractivity (Wildman–Crippen MR) is 118 cm³/mol. The van der Waals surface area contributed by atoms with Gasteiger partial charge < -0.3 is 10.3 Å². The van der Waals surface area contributed by atoms with Gasteiger partial charge in [-0.15, -0.1) is 0 Å². The third kappa shape index (κ3) is 4.28. The van der Waals surface area contributed by atoms with Crippen molar-refractivity contribution in [2.75, 3.05) is 5.32 Å². The summed E-state index contributed by atoms with van der Waals surface area (Å²) in [4.78, 5) is 27.6. The van der Waals surface area contributed by atoms with Gasteiger partial charge in [0.05, 0.1) is 10.7 Å². The summed E-state index contributed by atoms with van der Waals surface area (Å²) in [6.45, 7) is 9.34. The van der Waals surface area contributed by atoms with E-state index in [4.69, 9.17) is 11.6 Å². The van der Waals surface area contributed by atoms with Gasteiger partial charge in [-0.3, -0.25) is 9.59 Å². The first-order valence-electron chi connectivity index (χ1n) is 9.56. The number of aromatic nitrogens is 1. The molecule has 0 aliphatic heterocycles. The van der Waals surface area contributed by atoms with E-state index < -0.39 is 0 Å². The Morgan fingerprint density at radius 2 is 1.69 bits per heavy atom. The monoisotopic (exact) mass is 408 g/mol. The van der Waals surface area contributed by atoms with Crippen molar-refractivity contribution in [1.82, 2.24) is 4.98 Å². The number of ketones is 1. The molecule has 1 aromatic heterocycles. The van der Waals surface area contributed by atoms with Crippen molar-refractivity contribution in [3.8, 4) is 0 Å². The second-order valence-electron chi connectivity index (χ2n) is 7.53. The lowest BCUT2D eigenvalue weighted by atomic mass is 9.97. The predicted octanol–water partition coefficient (Wildman–Crippen LogP) is 5.93. The zero-order valence-corrected chi connectivity index (χ0v) is 18.1. The van der Waals surface area contributed by atoms with Gasteiger partial charge in [-0.2, -0.15) is 0 Å². The molecule has 4 nitrogen and oxygen atoms in total. The number of aryl methyl sites for hydroxylation is 2. The van der Waals surface area contributed by atoms with Crippen LogP contribution >= 0.6 is 11.6 Å². The van der Waals surface area contributed by atoms with Crippen LogP contribution in [-0.4, -0.2) is 16.7 Å². The highest BCUT2D eigenvalue weighted by Crippen LogP contribution is 2.34. The molecular weight excluding hydrogens is 384 g/mol. The standard InChI is InChI=1S/C24H25ClN2O2/c1-13-6-11-20(14(2)12-13)24(29)23-16(4)21(25)22(27-23)15(3)18-7-9-19(10-8-18)26-17(5)28/h6-12,15,27H,1-5H3,(H,26,28). The van der Waals surface area contributed by atoms with Crippen molar-refractivity contribution in [1.29, 1.82) is 0 Å².